The minimum Gasteiger partial charge on any atom is -0.489 e. The van der Waals surface area contributed by atoms with Crippen molar-refractivity contribution in [1.82, 2.24) is 5.32 Å². The zero-order valence-electron chi connectivity index (χ0n) is 11.5. The number of halogens is 2. The zero-order valence-corrected chi connectivity index (χ0v) is 13.9. The quantitative estimate of drug-likeness (QED) is 0.839. The van der Waals surface area contributed by atoms with Crippen molar-refractivity contribution in [3.8, 4) is 5.75 Å². The van der Waals surface area contributed by atoms with Crippen LogP contribution in [0.2, 0.25) is 5.02 Å². The molecule has 0 aromatic heterocycles. The first-order chi connectivity index (χ1) is 9.60. The Hall–Kier alpha value is -1.03. The largest absolute Gasteiger partial charge is 0.489 e. The maximum absolute atomic E-state index is 6.00. The van der Waals surface area contributed by atoms with E-state index in [0.29, 0.717) is 6.61 Å². The summed E-state index contributed by atoms with van der Waals surface area (Å²) in [7, 11) is 1.94. The number of hydrogen-bond donors (Lipinski definition) is 1. The van der Waals surface area contributed by atoms with Gasteiger partial charge in [-0.3, -0.25) is 0 Å². The van der Waals surface area contributed by atoms with E-state index in [0.717, 1.165) is 32.9 Å². The van der Waals surface area contributed by atoms with Crippen LogP contribution in [0.1, 0.15) is 16.7 Å². The minimum atomic E-state index is 0.529. The van der Waals surface area contributed by atoms with Gasteiger partial charge >= 0.3 is 0 Å². The fraction of sp³-hybridized carbons (Fsp3) is 0.250. The van der Waals surface area contributed by atoms with Crippen molar-refractivity contribution in [2.75, 3.05) is 7.05 Å². The van der Waals surface area contributed by atoms with E-state index in [1.54, 1.807) is 0 Å². The van der Waals surface area contributed by atoms with Gasteiger partial charge in [-0.15, -0.1) is 0 Å². The first-order valence-corrected chi connectivity index (χ1v) is 7.58. The lowest BCUT2D eigenvalue weighted by Crippen LogP contribution is -2.05. The lowest BCUT2D eigenvalue weighted by Gasteiger charge is -2.10. The van der Waals surface area contributed by atoms with Crippen LogP contribution in [0.15, 0.2) is 40.9 Å². The molecule has 0 bridgehead atoms. The summed E-state index contributed by atoms with van der Waals surface area (Å²) in [5, 5.41) is 3.89. The second kappa shape index (κ2) is 7.11. The van der Waals surface area contributed by atoms with Crippen molar-refractivity contribution in [2.24, 2.45) is 0 Å². The summed E-state index contributed by atoms with van der Waals surface area (Å²) in [6, 6.07) is 12.0. The zero-order chi connectivity index (χ0) is 14.5. The number of ether oxygens (including phenoxy) is 1. The molecular weight excluding hydrogens is 338 g/mol. The van der Waals surface area contributed by atoms with Gasteiger partial charge < -0.3 is 10.1 Å². The molecule has 20 heavy (non-hydrogen) atoms. The molecule has 0 aliphatic heterocycles. The van der Waals surface area contributed by atoms with Crippen molar-refractivity contribution >= 4 is 27.5 Å². The molecule has 1 N–H and O–H groups in total. The third kappa shape index (κ3) is 3.98. The Bertz CT molecular complexity index is 601. The summed E-state index contributed by atoms with van der Waals surface area (Å²) in [5.41, 5.74) is 3.38. The highest BCUT2D eigenvalue weighted by atomic mass is 79.9. The first-order valence-electron chi connectivity index (χ1n) is 6.41. The van der Waals surface area contributed by atoms with Gasteiger partial charge in [0.05, 0.1) is 0 Å². The number of aryl methyl sites for hydroxylation is 1. The van der Waals surface area contributed by atoms with Crippen molar-refractivity contribution in [1.29, 1.82) is 0 Å². The average molecular weight is 355 g/mol. The third-order valence-corrected chi connectivity index (χ3v) is 4.18. The van der Waals surface area contributed by atoms with Crippen molar-refractivity contribution in [3.63, 3.8) is 0 Å². The van der Waals surface area contributed by atoms with Crippen molar-refractivity contribution in [2.45, 2.75) is 20.1 Å². The van der Waals surface area contributed by atoms with E-state index in [-0.39, 0.29) is 0 Å². The molecule has 0 fully saturated rings. The van der Waals surface area contributed by atoms with Crippen LogP contribution in [-0.2, 0) is 13.2 Å². The number of benzene rings is 2. The predicted octanol–water partition coefficient (Wildman–Crippen LogP) is 4.71. The minimum absolute atomic E-state index is 0.529. The summed E-state index contributed by atoms with van der Waals surface area (Å²) in [5.74, 6) is 0.832. The highest BCUT2D eigenvalue weighted by Crippen LogP contribution is 2.24. The van der Waals surface area contributed by atoms with Crippen LogP contribution < -0.4 is 10.1 Å². The van der Waals surface area contributed by atoms with Crippen LogP contribution in [-0.4, -0.2) is 7.05 Å². The van der Waals surface area contributed by atoms with E-state index in [4.69, 9.17) is 16.3 Å². The van der Waals surface area contributed by atoms with E-state index >= 15 is 0 Å². The van der Waals surface area contributed by atoms with Gasteiger partial charge in [0.15, 0.2) is 0 Å². The Balaban J connectivity index is 2.05. The normalized spacial score (nSPS) is 10.6. The SMILES string of the molecule is CNCc1ccc(COc2ccc(Cl)c(C)c2)c(Br)c1. The summed E-state index contributed by atoms with van der Waals surface area (Å²) in [6.45, 7) is 3.36. The molecule has 2 aromatic rings. The van der Waals surface area contributed by atoms with Gasteiger partial charge in [-0.25, -0.2) is 0 Å². The molecule has 0 unspecified atom stereocenters. The molecule has 0 aliphatic carbocycles. The standard InChI is InChI=1S/C16H17BrClNO/c1-11-7-14(5-6-16(11)18)20-10-13-4-3-12(9-19-2)8-15(13)17/h3-8,19H,9-10H2,1-2H3. The van der Waals surface area contributed by atoms with Crippen LogP contribution in [0, 0.1) is 6.92 Å². The Kier molecular flexibility index (Phi) is 5.46. The molecule has 4 heteroatoms. The second-order valence-corrected chi connectivity index (χ2v) is 5.92. The fourth-order valence-electron chi connectivity index (χ4n) is 1.89. The molecule has 0 radical (unpaired) electrons. The molecule has 2 aromatic carbocycles. The summed E-state index contributed by atoms with van der Waals surface area (Å²) >= 11 is 9.59. The molecule has 0 atom stereocenters. The highest BCUT2D eigenvalue weighted by molar-refractivity contribution is 9.10. The summed E-state index contributed by atoms with van der Waals surface area (Å²) < 4.78 is 6.87. The summed E-state index contributed by atoms with van der Waals surface area (Å²) in [6.07, 6.45) is 0. The Morgan fingerprint density at radius 2 is 2.00 bits per heavy atom. The predicted molar refractivity (Wildman–Crippen MR) is 87.4 cm³/mol. The molecule has 2 nitrogen and oxygen atoms in total. The van der Waals surface area contributed by atoms with E-state index in [1.807, 2.05) is 32.2 Å². The van der Waals surface area contributed by atoms with Crippen LogP contribution in [0.25, 0.3) is 0 Å². The van der Waals surface area contributed by atoms with Gasteiger partial charge in [0.2, 0.25) is 0 Å². The average Bonchev–Trinajstić information content (AvgIpc) is 2.42. The maximum Gasteiger partial charge on any atom is 0.120 e. The Morgan fingerprint density at radius 1 is 1.20 bits per heavy atom. The van der Waals surface area contributed by atoms with E-state index < -0.39 is 0 Å². The first kappa shape index (κ1) is 15.4. The van der Waals surface area contributed by atoms with Gasteiger partial charge in [-0.2, -0.15) is 0 Å². The van der Waals surface area contributed by atoms with Crippen molar-refractivity contribution < 1.29 is 4.74 Å². The van der Waals surface area contributed by atoms with E-state index in [9.17, 15) is 0 Å². The molecule has 0 saturated heterocycles. The lowest BCUT2D eigenvalue weighted by atomic mass is 10.1. The van der Waals surface area contributed by atoms with E-state index in [1.165, 1.54) is 5.56 Å². The smallest absolute Gasteiger partial charge is 0.120 e. The summed E-state index contributed by atoms with van der Waals surface area (Å²) in [4.78, 5) is 0. The van der Waals surface area contributed by atoms with Gasteiger partial charge in [-0.05, 0) is 49.4 Å². The number of rotatable bonds is 5. The molecule has 0 amide bonds. The van der Waals surface area contributed by atoms with Crippen LogP contribution >= 0.6 is 27.5 Å². The van der Waals surface area contributed by atoms with Crippen LogP contribution in [0.3, 0.4) is 0 Å². The molecule has 0 spiro atoms. The maximum atomic E-state index is 6.00. The molecule has 0 saturated carbocycles. The fourth-order valence-corrected chi connectivity index (χ4v) is 2.55. The van der Waals surface area contributed by atoms with Crippen LogP contribution in [0.4, 0.5) is 0 Å². The van der Waals surface area contributed by atoms with Gasteiger partial charge in [-0.1, -0.05) is 39.7 Å². The lowest BCUT2D eigenvalue weighted by molar-refractivity contribution is 0.305. The molecule has 2 rings (SSSR count). The van der Waals surface area contributed by atoms with Gasteiger partial charge in [0.25, 0.3) is 0 Å². The Morgan fingerprint density at radius 3 is 2.65 bits per heavy atom. The molecule has 0 aliphatic rings. The molecular formula is C16H17BrClNO. The number of hydrogen-bond acceptors (Lipinski definition) is 2. The van der Waals surface area contributed by atoms with E-state index in [2.05, 4.69) is 39.4 Å². The Labute approximate surface area is 133 Å². The molecule has 0 heterocycles. The molecule has 106 valence electrons. The van der Waals surface area contributed by atoms with Crippen molar-refractivity contribution in [3.05, 3.63) is 62.6 Å². The number of nitrogens with one attached hydrogen (secondary N) is 1. The van der Waals surface area contributed by atoms with Gasteiger partial charge in [0, 0.05) is 21.6 Å². The second-order valence-electron chi connectivity index (χ2n) is 4.66. The van der Waals surface area contributed by atoms with Gasteiger partial charge in [0.1, 0.15) is 12.4 Å². The topological polar surface area (TPSA) is 21.3 Å². The monoisotopic (exact) mass is 353 g/mol. The third-order valence-electron chi connectivity index (χ3n) is 3.02. The van der Waals surface area contributed by atoms with Crippen LogP contribution in [0.5, 0.6) is 5.75 Å². The highest BCUT2D eigenvalue weighted by Gasteiger charge is 2.04.